The molecule has 0 spiro atoms. The van der Waals surface area contributed by atoms with Crippen molar-refractivity contribution in [3.8, 4) is 11.1 Å². The quantitative estimate of drug-likeness (QED) is 0.878. The number of rotatable bonds is 3. The van der Waals surface area contributed by atoms with E-state index in [2.05, 4.69) is 25.2 Å². The third kappa shape index (κ3) is 2.61. The summed E-state index contributed by atoms with van der Waals surface area (Å²) in [5, 5.41) is 3.33. The molecule has 5 heteroatoms. The molecule has 0 atom stereocenters. The summed E-state index contributed by atoms with van der Waals surface area (Å²) in [7, 11) is 2.03. The third-order valence-electron chi connectivity index (χ3n) is 3.76. The van der Waals surface area contributed by atoms with Crippen LogP contribution in [-0.2, 0) is 0 Å². The van der Waals surface area contributed by atoms with Gasteiger partial charge in [-0.2, -0.15) is 0 Å². The van der Waals surface area contributed by atoms with E-state index < -0.39 is 0 Å². The molecule has 0 bridgehead atoms. The molecule has 3 heterocycles. The second-order valence-corrected chi connectivity index (χ2v) is 4.92. The van der Waals surface area contributed by atoms with Gasteiger partial charge < -0.3 is 15.2 Å². The molecule has 3 rings (SSSR count). The number of hydrogen-bond acceptors (Lipinski definition) is 4. The van der Waals surface area contributed by atoms with E-state index >= 15 is 0 Å². The highest BCUT2D eigenvalue weighted by Gasteiger charge is 2.19. The van der Waals surface area contributed by atoms with Gasteiger partial charge in [-0.3, -0.25) is 0 Å². The van der Waals surface area contributed by atoms with Crippen LogP contribution in [-0.4, -0.2) is 41.1 Å². The second-order valence-electron chi connectivity index (χ2n) is 4.92. The number of hydrogen-bond donors (Lipinski definition) is 2. The number of nitrogens with one attached hydrogen (secondary N) is 2. The Hall–Kier alpha value is -1.88. The molecule has 0 radical (unpaired) electrons. The van der Waals surface area contributed by atoms with Crippen molar-refractivity contribution in [1.29, 1.82) is 0 Å². The summed E-state index contributed by atoms with van der Waals surface area (Å²) in [5.41, 5.74) is 2.18. The smallest absolute Gasteiger partial charge is 0.225 e. The number of aromatic nitrogens is 3. The van der Waals surface area contributed by atoms with E-state index in [9.17, 15) is 0 Å². The molecule has 0 saturated carbocycles. The van der Waals surface area contributed by atoms with E-state index in [0.29, 0.717) is 6.04 Å². The minimum Gasteiger partial charge on any atom is -0.367 e. The average molecular weight is 257 g/mol. The highest BCUT2D eigenvalue weighted by molar-refractivity contribution is 5.61. The van der Waals surface area contributed by atoms with Crippen molar-refractivity contribution in [2.75, 3.05) is 25.0 Å². The van der Waals surface area contributed by atoms with E-state index in [1.807, 2.05) is 37.9 Å². The van der Waals surface area contributed by atoms with Crippen LogP contribution >= 0.6 is 0 Å². The predicted molar refractivity (Wildman–Crippen MR) is 76.1 cm³/mol. The average Bonchev–Trinajstić information content (AvgIpc) is 3.02. The fraction of sp³-hybridized carbons (Fsp3) is 0.429. The molecule has 2 N–H and O–H groups in total. The van der Waals surface area contributed by atoms with Crippen LogP contribution in [0, 0.1) is 0 Å². The predicted octanol–water partition coefficient (Wildman–Crippen LogP) is 1.66. The van der Waals surface area contributed by atoms with Gasteiger partial charge in [0.25, 0.3) is 0 Å². The molecular weight excluding hydrogens is 238 g/mol. The molecule has 100 valence electrons. The lowest BCUT2D eigenvalue weighted by Gasteiger charge is -2.31. The lowest BCUT2D eigenvalue weighted by Crippen LogP contribution is -2.41. The number of piperidine rings is 1. The molecular formula is C14H19N5. The zero-order valence-corrected chi connectivity index (χ0v) is 11.1. The van der Waals surface area contributed by atoms with Gasteiger partial charge in [0.1, 0.15) is 0 Å². The van der Waals surface area contributed by atoms with Gasteiger partial charge in [-0.25, -0.2) is 9.97 Å². The maximum absolute atomic E-state index is 4.49. The fourth-order valence-corrected chi connectivity index (χ4v) is 2.51. The molecule has 0 aromatic carbocycles. The summed E-state index contributed by atoms with van der Waals surface area (Å²) in [6.45, 7) is 2.05. The lowest BCUT2D eigenvalue weighted by molar-refractivity contribution is 0.439. The van der Waals surface area contributed by atoms with Crippen LogP contribution in [0.15, 0.2) is 30.9 Å². The van der Waals surface area contributed by atoms with Crippen LogP contribution < -0.4 is 10.2 Å². The molecule has 1 aliphatic rings. The third-order valence-corrected chi connectivity index (χ3v) is 3.76. The van der Waals surface area contributed by atoms with Crippen molar-refractivity contribution < 1.29 is 0 Å². The van der Waals surface area contributed by atoms with Crippen LogP contribution in [0.3, 0.4) is 0 Å². The van der Waals surface area contributed by atoms with Crippen molar-refractivity contribution in [2.45, 2.75) is 18.9 Å². The first-order valence-electron chi connectivity index (χ1n) is 6.74. The molecule has 19 heavy (non-hydrogen) atoms. The standard InChI is InChI=1S/C14H19N5/c1-15-13-3-6-19(7-4-13)14-17-9-12(10-18-14)11-2-5-16-8-11/h2,5,8-10,13,15-16H,3-4,6-7H2,1H3. The Morgan fingerprint density at radius 2 is 1.95 bits per heavy atom. The van der Waals surface area contributed by atoms with Crippen LogP contribution in [0.1, 0.15) is 12.8 Å². The highest BCUT2D eigenvalue weighted by atomic mass is 15.3. The van der Waals surface area contributed by atoms with E-state index in [0.717, 1.165) is 43.0 Å². The molecule has 2 aromatic rings. The Balaban J connectivity index is 1.70. The molecule has 1 aliphatic heterocycles. The normalized spacial score (nSPS) is 16.8. The van der Waals surface area contributed by atoms with E-state index in [1.54, 1.807) is 0 Å². The molecule has 2 aromatic heterocycles. The zero-order chi connectivity index (χ0) is 13.1. The zero-order valence-electron chi connectivity index (χ0n) is 11.1. The summed E-state index contributed by atoms with van der Waals surface area (Å²) >= 11 is 0. The van der Waals surface area contributed by atoms with Crippen molar-refractivity contribution >= 4 is 5.95 Å². The SMILES string of the molecule is CNC1CCN(c2ncc(-c3cc[nH]c3)cn2)CC1. The van der Waals surface area contributed by atoms with Crippen LogP contribution in [0.2, 0.25) is 0 Å². The number of H-pyrrole nitrogens is 1. The monoisotopic (exact) mass is 257 g/mol. The molecule has 1 fully saturated rings. The van der Waals surface area contributed by atoms with Crippen molar-refractivity contribution in [1.82, 2.24) is 20.3 Å². The molecule has 0 aliphatic carbocycles. The first-order chi connectivity index (χ1) is 9.36. The number of aromatic amines is 1. The van der Waals surface area contributed by atoms with Crippen molar-refractivity contribution in [3.05, 3.63) is 30.9 Å². The summed E-state index contributed by atoms with van der Waals surface area (Å²) in [5.74, 6) is 0.842. The van der Waals surface area contributed by atoms with Crippen LogP contribution in [0.4, 0.5) is 5.95 Å². The number of nitrogens with zero attached hydrogens (tertiary/aromatic N) is 3. The van der Waals surface area contributed by atoms with Gasteiger partial charge in [0.2, 0.25) is 5.95 Å². The van der Waals surface area contributed by atoms with E-state index in [4.69, 9.17) is 0 Å². The summed E-state index contributed by atoms with van der Waals surface area (Å²) < 4.78 is 0. The molecule has 0 unspecified atom stereocenters. The Labute approximate surface area is 113 Å². The minimum absolute atomic E-state index is 0.635. The Bertz CT molecular complexity index is 497. The summed E-state index contributed by atoms with van der Waals surface area (Å²) in [6.07, 6.45) is 9.97. The van der Waals surface area contributed by atoms with Gasteiger partial charge in [-0.15, -0.1) is 0 Å². The summed E-state index contributed by atoms with van der Waals surface area (Å²) in [4.78, 5) is 14.3. The Morgan fingerprint density at radius 1 is 1.21 bits per heavy atom. The van der Waals surface area contributed by atoms with Gasteiger partial charge in [-0.05, 0) is 26.0 Å². The first-order valence-corrected chi connectivity index (χ1v) is 6.74. The van der Waals surface area contributed by atoms with Gasteiger partial charge in [0.15, 0.2) is 0 Å². The van der Waals surface area contributed by atoms with Crippen molar-refractivity contribution in [2.24, 2.45) is 0 Å². The maximum atomic E-state index is 4.49. The Morgan fingerprint density at radius 3 is 2.53 bits per heavy atom. The molecule has 0 amide bonds. The largest absolute Gasteiger partial charge is 0.367 e. The second kappa shape index (κ2) is 5.40. The summed E-state index contributed by atoms with van der Waals surface area (Å²) in [6, 6.07) is 2.66. The topological polar surface area (TPSA) is 56.8 Å². The van der Waals surface area contributed by atoms with Gasteiger partial charge in [0, 0.05) is 55.0 Å². The fourth-order valence-electron chi connectivity index (χ4n) is 2.51. The number of anilines is 1. The Kier molecular flexibility index (Phi) is 3.46. The highest BCUT2D eigenvalue weighted by Crippen LogP contribution is 2.20. The molecule has 5 nitrogen and oxygen atoms in total. The van der Waals surface area contributed by atoms with E-state index in [1.165, 1.54) is 0 Å². The van der Waals surface area contributed by atoms with Gasteiger partial charge in [0.05, 0.1) is 0 Å². The maximum Gasteiger partial charge on any atom is 0.225 e. The van der Waals surface area contributed by atoms with Gasteiger partial charge >= 0.3 is 0 Å². The van der Waals surface area contributed by atoms with Crippen LogP contribution in [0.5, 0.6) is 0 Å². The first kappa shape index (κ1) is 12.2. The van der Waals surface area contributed by atoms with Gasteiger partial charge in [-0.1, -0.05) is 0 Å². The van der Waals surface area contributed by atoms with Crippen molar-refractivity contribution in [3.63, 3.8) is 0 Å². The lowest BCUT2D eigenvalue weighted by atomic mass is 10.1. The molecule has 1 saturated heterocycles. The minimum atomic E-state index is 0.635. The van der Waals surface area contributed by atoms with E-state index in [-0.39, 0.29) is 0 Å². The van der Waals surface area contributed by atoms with Crippen LogP contribution in [0.25, 0.3) is 11.1 Å².